The molecule has 148 valence electrons. The number of thiophene rings is 1. The van der Waals surface area contributed by atoms with Crippen molar-refractivity contribution >= 4 is 44.9 Å². The number of benzene rings is 1. The quantitative estimate of drug-likeness (QED) is 0.438. The fraction of sp³-hybridized carbons (Fsp3) is 0.350. The lowest BCUT2D eigenvalue weighted by Crippen LogP contribution is -2.24. The zero-order valence-corrected chi connectivity index (χ0v) is 17.7. The Bertz CT molecular complexity index is 1010. The minimum atomic E-state index is -0.148. The third-order valence-corrected chi connectivity index (χ3v) is 6.04. The first kappa shape index (κ1) is 20.4. The van der Waals surface area contributed by atoms with E-state index in [1.165, 1.54) is 23.1 Å². The van der Waals surface area contributed by atoms with Gasteiger partial charge in [0, 0.05) is 12.2 Å². The minimum absolute atomic E-state index is 0.0290. The zero-order valence-electron chi connectivity index (χ0n) is 16.1. The van der Waals surface area contributed by atoms with Crippen molar-refractivity contribution in [2.45, 2.75) is 32.0 Å². The number of amides is 1. The van der Waals surface area contributed by atoms with E-state index < -0.39 is 0 Å². The molecule has 1 aromatic carbocycles. The normalized spacial score (nSPS) is 11.1. The SMILES string of the molecule is COc1ccc(NC(=O)CSc2nc3ccsc3c(=O)n2CCC(C)C)cc1. The summed E-state index contributed by atoms with van der Waals surface area (Å²) in [6, 6.07) is 9.00. The number of aromatic nitrogens is 2. The third-order valence-electron chi connectivity index (χ3n) is 4.17. The molecule has 1 amide bonds. The number of nitrogens with one attached hydrogen (secondary N) is 1. The number of fused-ring (bicyclic) bond motifs is 1. The van der Waals surface area contributed by atoms with E-state index in [9.17, 15) is 9.59 Å². The van der Waals surface area contributed by atoms with Gasteiger partial charge in [-0.3, -0.25) is 14.2 Å². The van der Waals surface area contributed by atoms with Crippen LogP contribution in [0.4, 0.5) is 5.69 Å². The van der Waals surface area contributed by atoms with Crippen molar-refractivity contribution in [3.8, 4) is 5.75 Å². The lowest BCUT2D eigenvalue weighted by Gasteiger charge is -2.13. The van der Waals surface area contributed by atoms with Gasteiger partial charge in [0.1, 0.15) is 10.4 Å². The monoisotopic (exact) mass is 417 g/mol. The molecule has 28 heavy (non-hydrogen) atoms. The van der Waals surface area contributed by atoms with Crippen LogP contribution in [0, 0.1) is 5.92 Å². The molecule has 2 heterocycles. The highest BCUT2D eigenvalue weighted by Gasteiger charge is 2.14. The highest BCUT2D eigenvalue weighted by Crippen LogP contribution is 2.22. The number of carbonyl (C=O) groups is 1. The van der Waals surface area contributed by atoms with Gasteiger partial charge in [-0.2, -0.15) is 0 Å². The highest BCUT2D eigenvalue weighted by atomic mass is 32.2. The van der Waals surface area contributed by atoms with Crippen molar-refractivity contribution in [1.82, 2.24) is 9.55 Å². The van der Waals surface area contributed by atoms with Crippen molar-refractivity contribution in [2.24, 2.45) is 5.92 Å². The topological polar surface area (TPSA) is 73.2 Å². The fourth-order valence-electron chi connectivity index (χ4n) is 2.62. The van der Waals surface area contributed by atoms with E-state index in [1.807, 2.05) is 11.4 Å². The second-order valence-corrected chi connectivity index (χ2v) is 8.59. The Morgan fingerprint density at radius 1 is 1.29 bits per heavy atom. The van der Waals surface area contributed by atoms with Crippen LogP contribution in [-0.2, 0) is 11.3 Å². The molecular formula is C20H23N3O3S2. The van der Waals surface area contributed by atoms with E-state index in [1.54, 1.807) is 35.9 Å². The van der Waals surface area contributed by atoms with Gasteiger partial charge in [-0.25, -0.2) is 4.98 Å². The molecule has 0 aliphatic rings. The van der Waals surface area contributed by atoms with Gasteiger partial charge >= 0.3 is 0 Å². The third kappa shape index (κ3) is 4.94. The van der Waals surface area contributed by atoms with Crippen LogP contribution in [0.1, 0.15) is 20.3 Å². The Balaban J connectivity index is 1.73. The van der Waals surface area contributed by atoms with Crippen LogP contribution in [0.3, 0.4) is 0 Å². The zero-order chi connectivity index (χ0) is 20.1. The van der Waals surface area contributed by atoms with Gasteiger partial charge in [0.2, 0.25) is 5.91 Å². The molecule has 0 unspecified atom stereocenters. The second-order valence-electron chi connectivity index (χ2n) is 6.73. The number of rotatable bonds is 8. The molecule has 0 aliphatic carbocycles. The van der Waals surface area contributed by atoms with Crippen molar-refractivity contribution in [3.05, 3.63) is 46.1 Å². The summed E-state index contributed by atoms with van der Waals surface area (Å²) in [5.41, 5.74) is 1.36. The average molecular weight is 418 g/mol. The summed E-state index contributed by atoms with van der Waals surface area (Å²) in [7, 11) is 1.60. The molecular weight excluding hydrogens is 394 g/mol. The predicted octanol–water partition coefficient (Wildman–Crippen LogP) is 4.24. The predicted molar refractivity (Wildman–Crippen MR) is 116 cm³/mol. The maximum absolute atomic E-state index is 12.8. The van der Waals surface area contributed by atoms with E-state index >= 15 is 0 Å². The molecule has 3 aromatic rings. The summed E-state index contributed by atoms with van der Waals surface area (Å²) in [5.74, 6) is 1.23. The summed E-state index contributed by atoms with van der Waals surface area (Å²) >= 11 is 2.69. The fourth-order valence-corrected chi connectivity index (χ4v) is 4.22. The first-order valence-electron chi connectivity index (χ1n) is 9.02. The number of nitrogens with zero attached hydrogens (tertiary/aromatic N) is 2. The van der Waals surface area contributed by atoms with Gasteiger partial charge in [-0.15, -0.1) is 11.3 Å². The molecule has 2 aromatic heterocycles. The molecule has 0 radical (unpaired) electrons. The summed E-state index contributed by atoms with van der Waals surface area (Å²) in [4.78, 5) is 29.8. The van der Waals surface area contributed by atoms with Crippen molar-refractivity contribution in [2.75, 3.05) is 18.2 Å². The largest absolute Gasteiger partial charge is 0.497 e. The molecule has 0 saturated heterocycles. The molecule has 0 fully saturated rings. The molecule has 0 bridgehead atoms. The smallest absolute Gasteiger partial charge is 0.272 e. The molecule has 3 rings (SSSR count). The number of hydrogen-bond donors (Lipinski definition) is 1. The Labute approximate surface area is 171 Å². The van der Waals surface area contributed by atoms with E-state index in [0.717, 1.165) is 12.2 Å². The summed E-state index contributed by atoms with van der Waals surface area (Å²) in [5, 5.41) is 5.31. The first-order chi connectivity index (χ1) is 13.5. The van der Waals surface area contributed by atoms with Gasteiger partial charge in [0.15, 0.2) is 5.16 Å². The molecule has 0 aliphatic heterocycles. The number of carbonyl (C=O) groups excluding carboxylic acids is 1. The number of methoxy groups -OCH3 is 1. The van der Waals surface area contributed by atoms with E-state index in [-0.39, 0.29) is 17.2 Å². The molecule has 6 nitrogen and oxygen atoms in total. The van der Waals surface area contributed by atoms with Gasteiger partial charge in [-0.1, -0.05) is 25.6 Å². The molecule has 1 N–H and O–H groups in total. The highest BCUT2D eigenvalue weighted by molar-refractivity contribution is 7.99. The van der Waals surface area contributed by atoms with Crippen LogP contribution in [0.5, 0.6) is 5.75 Å². The Hall–Kier alpha value is -2.32. The summed E-state index contributed by atoms with van der Waals surface area (Å²) < 4.78 is 7.48. The van der Waals surface area contributed by atoms with Crippen LogP contribution in [0.15, 0.2) is 45.7 Å². The van der Waals surface area contributed by atoms with Crippen LogP contribution >= 0.6 is 23.1 Å². The van der Waals surface area contributed by atoms with Crippen LogP contribution in [0.25, 0.3) is 10.2 Å². The van der Waals surface area contributed by atoms with E-state index in [0.29, 0.717) is 33.5 Å². The number of thioether (sulfide) groups is 1. The first-order valence-corrected chi connectivity index (χ1v) is 10.9. The minimum Gasteiger partial charge on any atom is -0.497 e. The standard InChI is InChI=1S/C20H23N3O3S2/c1-13(2)8-10-23-19(25)18-16(9-11-27-18)22-20(23)28-12-17(24)21-14-4-6-15(26-3)7-5-14/h4-7,9,11,13H,8,10,12H2,1-3H3,(H,21,24). The van der Waals surface area contributed by atoms with Crippen LogP contribution in [0.2, 0.25) is 0 Å². The van der Waals surface area contributed by atoms with Crippen molar-refractivity contribution < 1.29 is 9.53 Å². The number of ether oxygens (including phenoxy) is 1. The number of anilines is 1. The van der Waals surface area contributed by atoms with Crippen LogP contribution in [-0.4, -0.2) is 28.3 Å². The maximum atomic E-state index is 12.8. The maximum Gasteiger partial charge on any atom is 0.272 e. The number of hydrogen-bond acceptors (Lipinski definition) is 6. The lowest BCUT2D eigenvalue weighted by molar-refractivity contribution is -0.113. The molecule has 0 atom stereocenters. The van der Waals surface area contributed by atoms with Gasteiger partial charge in [-0.05, 0) is 48.1 Å². The average Bonchev–Trinajstić information content (AvgIpc) is 3.15. The molecule has 0 saturated carbocycles. The Morgan fingerprint density at radius 3 is 2.71 bits per heavy atom. The van der Waals surface area contributed by atoms with Crippen molar-refractivity contribution in [3.63, 3.8) is 0 Å². The lowest BCUT2D eigenvalue weighted by atomic mass is 10.1. The van der Waals surface area contributed by atoms with Crippen molar-refractivity contribution in [1.29, 1.82) is 0 Å². The van der Waals surface area contributed by atoms with E-state index in [4.69, 9.17) is 4.74 Å². The van der Waals surface area contributed by atoms with Gasteiger partial charge in [0.25, 0.3) is 5.56 Å². The second kappa shape index (κ2) is 9.25. The Kier molecular flexibility index (Phi) is 6.74. The summed E-state index contributed by atoms with van der Waals surface area (Å²) in [6.45, 7) is 4.84. The molecule has 8 heteroatoms. The van der Waals surface area contributed by atoms with Crippen LogP contribution < -0.4 is 15.6 Å². The summed E-state index contributed by atoms with van der Waals surface area (Å²) in [6.07, 6.45) is 0.879. The Morgan fingerprint density at radius 2 is 2.04 bits per heavy atom. The van der Waals surface area contributed by atoms with E-state index in [2.05, 4.69) is 24.1 Å². The molecule has 0 spiro atoms. The van der Waals surface area contributed by atoms with Gasteiger partial charge in [0.05, 0.1) is 18.4 Å². The van der Waals surface area contributed by atoms with Gasteiger partial charge < -0.3 is 10.1 Å².